The molecule has 1 amide bonds. The predicted octanol–water partition coefficient (Wildman–Crippen LogP) is 2.04. The quantitative estimate of drug-likeness (QED) is 0.371. The Labute approximate surface area is 170 Å². The fourth-order valence-electron chi connectivity index (χ4n) is 3.85. The van der Waals surface area contributed by atoms with E-state index in [1.54, 1.807) is 0 Å². The van der Waals surface area contributed by atoms with E-state index in [0.29, 0.717) is 24.5 Å². The van der Waals surface area contributed by atoms with Gasteiger partial charge in [0.1, 0.15) is 0 Å². The van der Waals surface area contributed by atoms with Gasteiger partial charge in [-0.3, -0.25) is 14.7 Å². The van der Waals surface area contributed by atoms with Gasteiger partial charge in [0.15, 0.2) is 5.96 Å². The Morgan fingerprint density at radius 2 is 2.04 bits per heavy atom. The lowest BCUT2D eigenvalue weighted by Crippen LogP contribution is -2.51. The van der Waals surface area contributed by atoms with Gasteiger partial charge in [0, 0.05) is 51.2 Å². The number of guanidine groups is 1. The SMILES string of the molecule is CCC(=O)N1CCC(NC(=NC)NCC(C)N2CCCCC2C)C1.I. The van der Waals surface area contributed by atoms with Gasteiger partial charge in [0.25, 0.3) is 0 Å². The van der Waals surface area contributed by atoms with Crippen molar-refractivity contribution in [3.8, 4) is 0 Å². The van der Waals surface area contributed by atoms with Crippen molar-refractivity contribution in [1.29, 1.82) is 0 Å². The normalized spacial score (nSPS) is 26.1. The molecule has 25 heavy (non-hydrogen) atoms. The van der Waals surface area contributed by atoms with E-state index in [0.717, 1.165) is 32.0 Å². The lowest BCUT2D eigenvalue weighted by atomic mass is 10.0. The van der Waals surface area contributed by atoms with Gasteiger partial charge in [-0.15, -0.1) is 24.0 Å². The van der Waals surface area contributed by atoms with Gasteiger partial charge >= 0.3 is 0 Å². The van der Waals surface area contributed by atoms with E-state index in [4.69, 9.17) is 0 Å². The first-order chi connectivity index (χ1) is 11.5. The Bertz CT molecular complexity index is 445. The van der Waals surface area contributed by atoms with Crippen molar-refractivity contribution in [2.45, 2.75) is 71.0 Å². The van der Waals surface area contributed by atoms with Gasteiger partial charge in [0.05, 0.1) is 0 Å². The number of nitrogens with zero attached hydrogens (tertiary/aromatic N) is 3. The van der Waals surface area contributed by atoms with Crippen LogP contribution in [0.5, 0.6) is 0 Å². The van der Waals surface area contributed by atoms with Crippen LogP contribution in [0.25, 0.3) is 0 Å². The second-order valence-corrected chi connectivity index (χ2v) is 7.21. The van der Waals surface area contributed by atoms with Crippen LogP contribution in [0.2, 0.25) is 0 Å². The first-order valence-corrected chi connectivity index (χ1v) is 9.55. The van der Waals surface area contributed by atoms with E-state index in [2.05, 4.69) is 34.4 Å². The van der Waals surface area contributed by atoms with Crippen LogP contribution in [0.3, 0.4) is 0 Å². The minimum absolute atomic E-state index is 0. The van der Waals surface area contributed by atoms with E-state index in [1.165, 1.54) is 25.8 Å². The van der Waals surface area contributed by atoms with E-state index in [1.807, 2.05) is 18.9 Å². The van der Waals surface area contributed by atoms with Crippen LogP contribution in [-0.2, 0) is 4.79 Å². The minimum atomic E-state index is 0. The Hall–Kier alpha value is -0.570. The molecule has 0 aromatic rings. The first-order valence-electron chi connectivity index (χ1n) is 9.55. The third-order valence-corrected chi connectivity index (χ3v) is 5.39. The van der Waals surface area contributed by atoms with E-state index in [-0.39, 0.29) is 29.9 Å². The standard InChI is InChI=1S/C18H35N5O.HI/c1-5-17(24)22-11-9-16(13-22)21-18(19-4)20-12-15(3)23-10-7-6-8-14(23)2;/h14-16H,5-13H2,1-4H3,(H2,19,20,21);1H. The van der Waals surface area contributed by atoms with Crippen molar-refractivity contribution in [1.82, 2.24) is 20.4 Å². The van der Waals surface area contributed by atoms with Crippen LogP contribution in [-0.4, -0.2) is 73.0 Å². The van der Waals surface area contributed by atoms with E-state index < -0.39 is 0 Å². The highest BCUT2D eigenvalue weighted by Crippen LogP contribution is 2.18. The number of nitrogens with one attached hydrogen (secondary N) is 2. The molecule has 6 nitrogen and oxygen atoms in total. The minimum Gasteiger partial charge on any atom is -0.355 e. The number of aliphatic imine (C=N–C) groups is 1. The van der Waals surface area contributed by atoms with Gasteiger partial charge < -0.3 is 15.5 Å². The molecule has 0 aliphatic carbocycles. The van der Waals surface area contributed by atoms with Crippen LogP contribution in [0.15, 0.2) is 4.99 Å². The van der Waals surface area contributed by atoms with Crippen LogP contribution >= 0.6 is 24.0 Å². The van der Waals surface area contributed by atoms with Crippen molar-refractivity contribution >= 4 is 35.8 Å². The molecule has 3 unspecified atom stereocenters. The highest BCUT2D eigenvalue weighted by atomic mass is 127. The molecule has 2 saturated heterocycles. The summed E-state index contributed by atoms with van der Waals surface area (Å²) in [5, 5.41) is 6.94. The number of halogens is 1. The molecule has 0 radical (unpaired) electrons. The van der Waals surface area contributed by atoms with Crippen LogP contribution in [0.4, 0.5) is 0 Å². The number of rotatable bonds is 5. The fourth-order valence-corrected chi connectivity index (χ4v) is 3.85. The number of carbonyl (C=O) groups excluding carboxylic acids is 1. The fraction of sp³-hybridized carbons (Fsp3) is 0.889. The molecule has 146 valence electrons. The largest absolute Gasteiger partial charge is 0.355 e. The molecule has 0 aromatic heterocycles. The maximum absolute atomic E-state index is 11.8. The lowest BCUT2D eigenvalue weighted by Gasteiger charge is -2.38. The number of hydrogen-bond acceptors (Lipinski definition) is 3. The van der Waals surface area contributed by atoms with Gasteiger partial charge in [-0.1, -0.05) is 13.3 Å². The summed E-state index contributed by atoms with van der Waals surface area (Å²) in [7, 11) is 1.81. The summed E-state index contributed by atoms with van der Waals surface area (Å²) in [6.45, 7) is 10.3. The maximum Gasteiger partial charge on any atom is 0.222 e. The lowest BCUT2D eigenvalue weighted by molar-refractivity contribution is -0.129. The molecule has 2 fully saturated rings. The molecule has 0 spiro atoms. The zero-order valence-electron chi connectivity index (χ0n) is 16.3. The van der Waals surface area contributed by atoms with Gasteiger partial charge in [-0.2, -0.15) is 0 Å². The molecule has 2 aliphatic rings. The molecule has 2 aliphatic heterocycles. The van der Waals surface area contributed by atoms with E-state index in [9.17, 15) is 4.79 Å². The average Bonchev–Trinajstić information content (AvgIpc) is 3.06. The number of amides is 1. The smallest absolute Gasteiger partial charge is 0.222 e. The highest BCUT2D eigenvalue weighted by molar-refractivity contribution is 14.0. The molecule has 0 bridgehead atoms. The average molecular weight is 465 g/mol. The third-order valence-electron chi connectivity index (χ3n) is 5.39. The Morgan fingerprint density at radius 1 is 1.28 bits per heavy atom. The molecule has 0 aromatic carbocycles. The summed E-state index contributed by atoms with van der Waals surface area (Å²) in [6, 6.07) is 1.48. The molecule has 0 saturated carbocycles. The Balaban J connectivity index is 0.00000312. The van der Waals surface area contributed by atoms with Crippen molar-refractivity contribution < 1.29 is 4.79 Å². The molecule has 3 atom stereocenters. The number of likely N-dealkylation sites (tertiary alicyclic amines) is 2. The van der Waals surface area contributed by atoms with Crippen molar-refractivity contribution in [2.24, 2.45) is 4.99 Å². The van der Waals surface area contributed by atoms with Crippen molar-refractivity contribution in [3.05, 3.63) is 0 Å². The Kier molecular flexibility index (Phi) is 10.1. The monoisotopic (exact) mass is 465 g/mol. The second kappa shape index (κ2) is 11.2. The van der Waals surface area contributed by atoms with Gasteiger partial charge in [0.2, 0.25) is 5.91 Å². The Morgan fingerprint density at radius 3 is 2.68 bits per heavy atom. The molecule has 2 rings (SSSR count). The topological polar surface area (TPSA) is 60.0 Å². The number of piperidine rings is 1. The zero-order valence-corrected chi connectivity index (χ0v) is 18.6. The molecular formula is C18H36IN5O. The van der Waals surface area contributed by atoms with Crippen LogP contribution in [0, 0.1) is 0 Å². The van der Waals surface area contributed by atoms with Crippen molar-refractivity contribution in [3.63, 3.8) is 0 Å². The summed E-state index contributed by atoms with van der Waals surface area (Å²) in [5.74, 6) is 1.09. The summed E-state index contributed by atoms with van der Waals surface area (Å²) in [6.07, 6.45) is 5.55. The molecule has 2 heterocycles. The maximum atomic E-state index is 11.8. The summed E-state index contributed by atoms with van der Waals surface area (Å²) in [5.41, 5.74) is 0. The van der Waals surface area contributed by atoms with Crippen LogP contribution < -0.4 is 10.6 Å². The van der Waals surface area contributed by atoms with Crippen molar-refractivity contribution in [2.75, 3.05) is 33.2 Å². The van der Waals surface area contributed by atoms with Gasteiger partial charge in [-0.25, -0.2) is 0 Å². The van der Waals surface area contributed by atoms with E-state index >= 15 is 0 Å². The predicted molar refractivity (Wildman–Crippen MR) is 115 cm³/mol. The first kappa shape index (κ1) is 22.5. The number of carbonyl (C=O) groups is 1. The third kappa shape index (κ3) is 6.58. The second-order valence-electron chi connectivity index (χ2n) is 7.21. The molecule has 2 N–H and O–H groups in total. The molecule has 7 heteroatoms. The molecular weight excluding hydrogens is 429 g/mol. The summed E-state index contributed by atoms with van der Waals surface area (Å²) < 4.78 is 0. The highest BCUT2D eigenvalue weighted by Gasteiger charge is 2.26. The zero-order chi connectivity index (χ0) is 17.5. The van der Waals surface area contributed by atoms with Gasteiger partial charge in [-0.05, 0) is 39.7 Å². The van der Waals surface area contributed by atoms with Crippen LogP contribution in [0.1, 0.15) is 52.9 Å². The summed E-state index contributed by atoms with van der Waals surface area (Å²) in [4.78, 5) is 20.7. The summed E-state index contributed by atoms with van der Waals surface area (Å²) >= 11 is 0. The number of hydrogen-bond donors (Lipinski definition) is 2.